The van der Waals surface area contributed by atoms with E-state index in [9.17, 15) is 19.7 Å². The summed E-state index contributed by atoms with van der Waals surface area (Å²) < 4.78 is 12.8. The van der Waals surface area contributed by atoms with Gasteiger partial charge in [0.25, 0.3) is 17.5 Å². The number of piperazine rings is 1. The lowest BCUT2D eigenvalue weighted by Gasteiger charge is -2.35. The minimum atomic E-state index is -0.561. The van der Waals surface area contributed by atoms with Crippen molar-refractivity contribution in [3.63, 3.8) is 0 Å². The van der Waals surface area contributed by atoms with Crippen LogP contribution in [-0.2, 0) is 0 Å². The van der Waals surface area contributed by atoms with E-state index in [0.717, 1.165) is 28.4 Å². The first-order valence-corrected chi connectivity index (χ1v) is 13.6. The van der Waals surface area contributed by atoms with Crippen LogP contribution in [-0.4, -0.2) is 71.5 Å². The Morgan fingerprint density at radius 2 is 1.43 bits per heavy atom. The molecule has 10 nitrogen and oxygen atoms in total. The fraction of sp³-hybridized carbons (Fsp3) is 0.226. The molecule has 0 unspecified atom stereocenters. The summed E-state index contributed by atoms with van der Waals surface area (Å²) in [5, 5.41) is 11.0. The highest BCUT2D eigenvalue weighted by atomic mass is 35.5. The lowest BCUT2D eigenvalue weighted by molar-refractivity contribution is -0.384. The summed E-state index contributed by atoms with van der Waals surface area (Å²) in [4.78, 5) is 40.8. The van der Waals surface area contributed by atoms with Crippen LogP contribution < -0.4 is 9.47 Å². The van der Waals surface area contributed by atoms with Gasteiger partial charge in [-0.2, -0.15) is 0 Å². The number of hydrogen-bond donors (Lipinski definition) is 0. The van der Waals surface area contributed by atoms with Crippen LogP contribution in [0.2, 0.25) is 5.02 Å². The third-order valence-electron chi connectivity index (χ3n) is 7.42. The quantitative estimate of drug-likeness (QED) is 0.205. The lowest BCUT2D eigenvalue weighted by Crippen LogP contribution is -2.50. The molecule has 1 saturated heterocycles. The molecule has 216 valence electrons. The van der Waals surface area contributed by atoms with Crippen molar-refractivity contribution in [2.75, 3.05) is 40.4 Å². The second kappa shape index (κ2) is 12.0. The molecule has 5 rings (SSSR count). The van der Waals surface area contributed by atoms with Gasteiger partial charge in [-0.1, -0.05) is 17.7 Å². The van der Waals surface area contributed by atoms with Crippen molar-refractivity contribution in [1.29, 1.82) is 0 Å². The SMILES string of the molecule is COc1ccc(-c2cc(C(=O)N3CCN(C(=O)c4ccc([N+](=O)[O-])cc4Cl)CC3)c(C)n2-c2cccc(OC)c2)cc1. The molecule has 0 N–H and O–H groups in total. The number of carbonyl (C=O) groups excluding carboxylic acids is 2. The van der Waals surface area contributed by atoms with Crippen LogP contribution >= 0.6 is 11.6 Å². The van der Waals surface area contributed by atoms with Gasteiger partial charge in [0.05, 0.1) is 41.0 Å². The van der Waals surface area contributed by atoms with E-state index in [2.05, 4.69) is 0 Å². The molecule has 4 aromatic rings. The van der Waals surface area contributed by atoms with E-state index in [0.29, 0.717) is 37.5 Å². The van der Waals surface area contributed by atoms with Gasteiger partial charge in [0.1, 0.15) is 11.5 Å². The Kier molecular flexibility index (Phi) is 8.17. The summed E-state index contributed by atoms with van der Waals surface area (Å²) in [6.45, 7) is 3.18. The third kappa shape index (κ3) is 5.53. The minimum Gasteiger partial charge on any atom is -0.497 e. The van der Waals surface area contributed by atoms with Crippen molar-refractivity contribution in [2.45, 2.75) is 6.92 Å². The average Bonchev–Trinajstić information content (AvgIpc) is 3.37. The van der Waals surface area contributed by atoms with Gasteiger partial charge in [-0.15, -0.1) is 0 Å². The van der Waals surface area contributed by atoms with Crippen molar-refractivity contribution < 1.29 is 24.0 Å². The Morgan fingerprint density at radius 3 is 2.00 bits per heavy atom. The number of nitro benzene ring substituents is 1. The van der Waals surface area contributed by atoms with Gasteiger partial charge in [-0.3, -0.25) is 19.7 Å². The highest BCUT2D eigenvalue weighted by molar-refractivity contribution is 6.34. The molecule has 0 spiro atoms. The number of benzene rings is 3. The summed E-state index contributed by atoms with van der Waals surface area (Å²) in [5.74, 6) is 0.963. The van der Waals surface area contributed by atoms with Crippen LogP contribution in [0.15, 0.2) is 72.8 Å². The van der Waals surface area contributed by atoms with Crippen LogP contribution in [0.1, 0.15) is 26.4 Å². The molecule has 42 heavy (non-hydrogen) atoms. The summed E-state index contributed by atoms with van der Waals surface area (Å²) in [5.41, 5.74) is 3.95. The number of nitrogens with zero attached hydrogens (tertiary/aromatic N) is 4. The van der Waals surface area contributed by atoms with Crippen molar-refractivity contribution in [2.24, 2.45) is 0 Å². The number of rotatable bonds is 7. The van der Waals surface area contributed by atoms with E-state index in [1.807, 2.05) is 66.1 Å². The summed E-state index contributed by atoms with van der Waals surface area (Å²) in [7, 11) is 3.23. The molecular formula is C31H29ClN4O6. The highest BCUT2D eigenvalue weighted by Crippen LogP contribution is 2.33. The Balaban J connectivity index is 1.40. The number of ether oxygens (including phenoxy) is 2. The number of amides is 2. The second-order valence-electron chi connectivity index (χ2n) is 9.80. The molecule has 0 radical (unpaired) electrons. The zero-order chi connectivity index (χ0) is 30.0. The number of methoxy groups -OCH3 is 2. The van der Waals surface area contributed by atoms with Crippen LogP contribution in [0.25, 0.3) is 16.9 Å². The zero-order valence-electron chi connectivity index (χ0n) is 23.4. The smallest absolute Gasteiger partial charge is 0.270 e. The fourth-order valence-corrected chi connectivity index (χ4v) is 5.38. The van der Waals surface area contributed by atoms with Gasteiger partial charge in [0.2, 0.25) is 0 Å². The fourth-order valence-electron chi connectivity index (χ4n) is 5.12. The maximum Gasteiger partial charge on any atom is 0.270 e. The number of aromatic nitrogens is 1. The van der Waals surface area contributed by atoms with Gasteiger partial charge in [-0.05, 0) is 61.0 Å². The van der Waals surface area contributed by atoms with Gasteiger partial charge in [0, 0.05) is 55.8 Å². The van der Waals surface area contributed by atoms with E-state index in [1.165, 1.54) is 18.2 Å². The number of halogens is 1. The van der Waals surface area contributed by atoms with Crippen LogP contribution in [0.3, 0.4) is 0 Å². The van der Waals surface area contributed by atoms with E-state index < -0.39 is 4.92 Å². The van der Waals surface area contributed by atoms with Crippen molar-refractivity contribution >= 4 is 29.1 Å². The molecule has 0 aliphatic carbocycles. The number of carbonyl (C=O) groups is 2. The standard InChI is InChI=1S/C31H29ClN4O6/c1-20-27(19-29(21-7-10-24(41-2)11-8-21)35(20)22-5-4-6-25(17-22)42-3)31(38)34-15-13-33(14-16-34)30(37)26-12-9-23(36(39)40)18-28(26)32/h4-12,17-19H,13-16H2,1-3H3. The van der Waals surface area contributed by atoms with E-state index >= 15 is 0 Å². The molecule has 11 heteroatoms. The van der Waals surface area contributed by atoms with Gasteiger partial charge < -0.3 is 23.8 Å². The normalized spacial score (nSPS) is 13.1. The Bertz CT molecular complexity index is 1660. The van der Waals surface area contributed by atoms with Crippen LogP contribution in [0.5, 0.6) is 11.5 Å². The van der Waals surface area contributed by atoms with Crippen LogP contribution in [0.4, 0.5) is 5.69 Å². The van der Waals surface area contributed by atoms with Gasteiger partial charge in [-0.25, -0.2) is 0 Å². The molecule has 1 aliphatic heterocycles. The third-order valence-corrected chi connectivity index (χ3v) is 7.74. The number of non-ortho nitro benzene ring substituents is 1. The molecular weight excluding hydrogens is 560 g/mol. The highest BCUT2D eigenvalue weighted by Gasteiger charge is 2.29. The molecule has 2 heterocycles. The molecule has 0 bridgehead atoms. The predicted octanol–water partition coefficient (Wildman–Crippen LogP) is 5.63. The Morgan fingerprint density at radius 1 is 0.810 bits per heavy atom. The zero-order valence-corrected chi connectivity index (χ0v) is 24.1. The molecule has 0 atom stereocenters. The molecule has 1 fully saturated rings. The van der Waals surface area contributed by atoms with Gasteiger partial charge >= 0.3 is 0 Å². The minimum absolute atomic E-state index is 0.0216. The Hall–Kier alpha value is -4.83. The number of nitro groups is 1. The lowest BCUT2D eigenvalue weighted by atomic mass is 10.1. The molecule has 1 aromatic heterocycles. The maximum atomic E-state index is 13.9. The van der Waals surface area contributed by atoms with Crippen molar-refractivity contribution in [1.82, 2.24) is 14.4 Å². The molecule has 1 aliphatic rings. The molecule has 3 aromatic carbocycles. The van der Waals surface area contributed by atoms with Crippen molar-refractivity contribution in [3.8, 4) is 28.4 Å². The van der Waals surface area contributed by atoms with E-state index in [1.54, 1.807) is 24.0 Å². The average molecular weight is 589 g/mol. The first kappa shape index (κ1) is 28.7. The first-order valence-electron chi connectivity index (χ1n) is 13.3. The topological polar surface area (TPSA) is 107 Å². The first-order chi connectivity index (χ1) is 20.2. The largest absolute Gasteiger partial charge is 0.497 e. The second-order valence-corrected chi connectivity index (χ2v) is 10.2. The van der Waals surface area contributed by atoms with E-state index in [4.69, 9.17) is 21.1 Å². The summed E-state index contributed by atoms with van der Waals surface area (Å²) in [6, 6.07) is 21.0. The monoisotopic (exact) mass is 588 g/mol. The Labute approximate surface area is 247 Å². The summed E-state index contributed by atoms with van der Waals surface area (Å²) in [6.07, 6.45) is 0. The van der Waals surface area contributed by atoms with Gasteiger partial charge in [0.15, 0.2) is 0 Å². The van der Waals surface area contributed by atoms with Crippen molar-refractivity contribution in [3.05, 3.63) is 105 Å². The van der Waals surface area contributed by atoms with Crippen LogP contribution in [0, 0.1) is 17.0 Å². The molecule has 2 amide bonds. The number of hydrogen-bond acceptors (Lipinski definition) is 6. The maximum absolute atomic E-state index is 13.9. The summed E-state index contributed by atoms with van der Waals surface area (Å²) >= 11 is 6.18. The molecule has 0 saturated carbocycles. The van der Waals surface area contributed by atoms with E-state index in [-0.39, 0.29) is 28.1 Å². The predicted molar refractivity (Wildman–Crippen MR) is 159 cm³/mol.